The molecule has 5 nitrogen and oxygen atoms in total. The summed E-state index contributed by atoms with van der Waals surface area (Å²) in [5.41, 5.74) is 1.71. The standard InChI is InChI=1S/C11H11N3O2S/c1-6-4-12-10(13-5-6)11-14-7(2)8(17-11)3-9(15)16/h4-5H,3H2,1-2H3,(H,15,16). The van der Waals surface area contributed by atoms with Gasteiger partial charge in [0.2, 0.25) is 0 Å². The van der Waals surface area contributed by atoms with Crippen molar-refractivity contribution in [3.63, 3.8) is 0 Å². The molecule has 0 bridgehead atoms. The van der Waals surface area contributed by atoms with Gasteiger partial charge in [-0.05, 0) is 19.4 Å². The number of aliphatic carboxylic acids is 1. The predicted molar refractivity (Wildman–Crippen MR) is 64.0 cm³/mol. The fraction of sp³-hybridized carbons (Fsp3) is 0.273. The van der Waals surface area contributed by atoms with Crippen molar-refractivity contribution in [2.75, 3.05) is 0 Å². The van der Waals surface area contributed by atoms with Gasteiger partial charge in [-0.3, -0.25) is 4.79 Å². The Morgan fingerprint density at radius 1 is 1.35 bits per heavy atom. The van der Waals surface area contributed by atoms with Crippen LogP contribution in [0.4, 0.5) is 0 Å². The van der Waals surface area contributed by atoms with E-state index in [0.29, 0.717) is 10.8 Å². The molecule has 0 fully saturated rings. The van der Waals surface area contributed by atoms with Crippen LogP contribution in [-0.4, -0.2) is 26.0 Å². The van der Waals surface area contributed by atoms with E-state index in [1.165, 1.54) is 11.3 Å². The maximum absolute atomic E-state index is 10.7. The van der Waals surface area contributed by atoms with Crippen molar-refractivity contribution in [2.45, 2.75) is 20.3 Å². The summed E-state index contributed by atoms with van der Waals surface area (Å²) in [7, 11) is 0. The molecule has 0 saturated carbocycles. The zero-order chi connectivity index (χ0) is 12.4. The number of hydrogen-bond donors (Lipinski definition) is 1. The van der Waals surface area contributed by atoms with Crippen molar-refractivity contribution in [2.24, 2.45) is 0 Å². The lowest BCUT2D eigenvalue weighted by atomic mass is 10.3. The van der Waals surface area contributed by atoms with Gasteiger partial charge in [-0.2, -0.15) is 0 Å². The molecular weight excluding hydrogens is 238 g/mol. The second kappa shape index (κ2) is 4.58. The zero-order valence-corrected chi connectivity index (χ0v) is 10.3. The third-order valence-corrected chi connectivity index (χ3v) is 3.33. The Morgan fingerprint density at radius 3 is 2.59 bits per heavy atom. The Labute approximate surface area is 102 Å². The van der Waals surface area contributed by atoms with Gasteiger partial charge in [0.25, 0.3) is 0 Å². The summed E-state index contributed by atoms with van der Waals surface area (Å²) in [6.07, 6.45) is 3.43. The van der Waals surface area contributed by atoms with Crippen molar-refractivity contribution in [3.05, 3.63) is 28.5 Å². The summed E-state index contributed by atoms with van der Waals surface area (Å²) < 4.78 is 0. The molecule has 0 atom stereocenters. The molecule has 17 heavy (non-hydrogen) atoms. The molecule has 0 amide bonds. The van der Waals surface area contributed by atoms with Crippen molar-refractivity contribution < 1.29 is 9.90 Å². The monoisotopic (exact) mass is 249 g/mol. The Bertz CT molecular complexity index is 548. The van der Waals surface area contributed by atoms with Gasteiger partial charge in [-0.1, -0.05) is 0 Å². The van der Waals surface area contributed by atoms with Gasteiger partial charge in [0, 0.05) is 17.3 Å². The Morgan fingerprint density at radius 2 is 2.00 bits per heavy atom. The summed E-state index contributed by atoms with van der Waals surface area (Å²) in [6.45, 7) is 3.71. The first kappa shape index (κ1) is 11.7. The molecule has 0 aliphatic rings. The number of carboxylic acids is 1. The first-order valence-electron chi connectivity index (χ1n) is 5.03. The van der Waals surface area contributed by atoms with E-state index >= 15 is 0 Å². The summed E-state index contributed by atoms with van der Waals surface area (Å²) in [5, 5.41) is 9.42. The van der Waals surface area contributed by atoms with Gasteiger partial charge in [0.15, 0.2) is 10.8 Å². The summed E-state index contributed by atoms with van der Waals surface area (Å²) >= 11 is 1.33. The predicted octanol–water partition coefficient (Wildman–Crippen LogP) is 1.84. The third kappa shape index (κ3) is 2.65. The summed E-state index contributed by atoms with van der Waals surface area (Å²) in [6, 6.07) is 0. The molecule has 0 aliphatic heterocycles. The Balaban J connectivity index is 2.34. The van der Waals surface area contributed by atoms with Gasteiger partial charge < -0.3 is 5.11 Å². The Hall–Kier alpha value is -1.82. The fourth-order valence-corrected chi connectivity index (χ4v) is 2.33. The lowest BCUT2D eigenvalue weighted by Crippen LogP contribution is -1.99. The van der Waals surface area contributed by atoms with Crippen LogP contribution >= 0.6 is 11.3 Å². The first-order chi connectivity index (χ1) is 8.06. The van der Waals surface area contributed by atoms with E-state index in [-0.39, 0.29) is 6.42 Å². The topological polar surface area (TPSA) is 76.0 Å². The van der Waals surface area contributed by atoms with E-state index < -0.39 is 5.97 Å². The van der Waals surface area contributed by atoms with Gasteiger partial charge in [-0.15, -0.1) is 11.3 Å². The van der Waals surface area contributed by atoms with E-state index in [9.17, 15) is 4.79 Å². The fourth-order valence-electron chi connectivity index (χ4n) is 1.33. The van der Waals surface area contributed by atoms with Crippen LogP contribution in [0, 0.1) is 13.8 Å². The van der Waals surface area contributed by atoms with Crippen LogP contribution in [0.2, 0.25) is 0 Å². The van der Waals surface area contributed by atoms with Crippen LogP contribution in [0.15, 0.2) is 12.4 Å². The molecule has 0 aromatic carbocycles. The van der Waals surface area contributed by atoms with E-state index in [4.69, 9.17) is 5.11 Å². The van der Waals surface area contributed by atoms with Crippen LogP contribution in [-0.2, 0) is 11.2 Å². The molecule has 2 heterocycles. The molecular formula is C11H11N3O2S. The van der Waals surface area contributed by atoms with Crippen LogP contribution in [0.1, 0.15) is 16.1 Å². The van der Waals surface area contributed by atoms with Crippen molar-refractivity contribution in [1.82, 2.24) is 15.0 Å². The molecule has 0 aliphatic carbocycles. The molecule has 2 aromatic heterocycles. The number of thiazole rings is 1. The molecule has 0 radical (unpaired) electrons. The summed E-state index contributed by atoms with van der Waals surface area (Å²) in [5.74, 6) is -0.312. The highest BCUT2D eigenvalue weighted by Gasteiger charge is 2.13. The molecule has 2 aromatic rings. The Kier molecular flexibility index (Phi) is 3.14. The van der Waals surface area contributed by atoms with Crippen LogP contribution in [0.5, 0.6) is 0 Å². The highest BCUT2D eigenvalue weighted by molar-refractivity contribution is 7.15. The number of carbonyl (C=O) groups is 1. The number of hydrogen-bond acceptors (Lipinski definition) is 5. The second-order valence-electron chi connectivity index (χ2n) is 3.68. The minimum atomic E-state index is -0.854. The number of carboxylic acid groups (broad SMARTS) is 1. The normalized spacial score (nSPS) is 10.5. The van der Waals surface area contributed by atoms with Gasteiger partial charge >= 0.3 is 5.97 Å². The highest BCUT2D eigenvalue weighted by atomic mass is 32.1. The van der Waals surface area contributed by atoms with E-state index in [2.05, 4.69) is 15.0 Å². The number of rotatable bonds is 3. The number of aromatic nitrogens is 3. The smallest absolute Gasteiger partial charge is 0.308 e. The lowest BCUT2D eigenvalue weighted by molar-refractivity contribution is -0.136. The van der Waals surface area contributed by atoms with E-state index in [1.54, 1.807) is 19.3 Å². The average Bonchev–Trinajstić information content (AvgIpc) is 2.60. The molecule has 88 valence electrons. The second-order valence-corrected chi connectivity index (χ2v) is 4.77. The van der Waals surface area contributed by atoms with Crippen LogP contribution in [0.25, 0.3) is 10.8 Å². The number of nitrogens with zero attached hydrogens (tertiary/aromatic N) is 3. The van der Waals surface area contributed by atoms with Crippen molar-refractivity contribution in [3.8, 4) is 10.8 Å². The van der Waals surface area contributed by atoms with Crippen LogP contribution in [0.3, 0.4) is 0 Å². The van der Waals surface area contributed by atoms with Gasteiger partial charge in [-0.25, -0.2) is 15.0 Å². The summed E-state index contributed by atoms with van der Waals surface area (Å²) in [4.78, 5) is 24.0. The SMILES string of the molecule is Cc1cnc(-c2nc(C)c(CC(=O)O)s2)nc1. The minimum absolute atomic E-state index is 0.00460. The first-order valence-corrected chi connectivity index (χ1v) is 5.85. The molecule has 0 spiro atoms. The van der Waals surface area contributed by atoms with E-state index in [1.807, 2.05) is 6.92 Å². The van der Waals surface area contributed by atoms with E-state index in [0.717, 1.165) is 16.1 Å². The third-order valence-electron chi connectivity index (χ3n) is 2.18. The molecule has 0 saturated heterocycles. The average molecular weight is 249 g/mol. The maximum Gasteiger partial charge on any atom is 0.308 e. The van der Waals surface area contributed by atoms with Crippen LogP contribution < -0.4 is 0 Å². The molecule has 6 heteroatoms. The molecule has 0 unspecified atom stereocenters. The maximum atomic E-state index is 10.7. The van der Waals surface area contributed by atoms with Gasteiger partial charge in [0.05, 0.1) is 12.1 Å². The lowest BCUT2D eigenvalue weighted by Gasteiger charge is -1.94. The largest absolute Gasteiger partial charge is 0.481 e. The zero-order valence-electron chi connectivity index (χ0n) is 9.47. The quantitative estimate of drug-likeness (QED) is 0.898. The van der Waals surface area contributed by atoms with Crippen molar-refractivity contribution in [1.29, 1.82) is 0 Å². The number of aryl methyl sites for hydroxylation is 2. The molecule has 2 rings (SSSR count). The van der Waals surface area contributed by atoms with Gasteiger partial charge in [0.1, 0.15) is 0 Å². The molecule has 1 N–H and O–H groups in total. The minimum Gasteiger partial charge on any atom is -0.481 e. The highest BCUT2D eigenvalue weighted by Crippen LogP contribution is 2.25. The van der Waals surface area contributed by atoms with Crippen molar-refractivity contribution >= 4 is 17.3 Å².